The van der Waals surface area contributed by atoms with E-state index in [1.165, 1.54) is 17.4 Å². The van der Waals surface area contributed by atoms with Crippen molar-refractivity contribution in [1.82, 2.24) is 4.98 Å². The van der Waals surface area contributed by atoms with Crippen molar-refractivity contribution >= 4 is 44.7 Å². The number of rotatable bonds is 3. The largest absolute Gasteiger partial charge is 0.313 e. The molecule has 0 unspecified atom stereocenters. The maximum Gasteiger partial charge on any atom is 0.260 e. The van der Waals surface area contributed by atoms with E-state index in [2.05, 4.69) is 4.98 Å². The Morgan fingerprint density at radius 1 is 1.30 bits per heavy atom. The van der Waals surface area contributed by atoms with Crippen LogP contribution in [0, 0.1) is 6.92 Å². The number of nitrogens with one attached hydrogen (secondary N) is 1. The van der Waals surface area contributed by atoms with Crippen molar-refractivity contribution in [2.24, 2.45) is 0 Å². The summed E-state index contributed by atoms with van der Waals surface area (Å²) in [6, 6.07) is 3.85. The van der Waals surface area contributed by atoms with Crippen molar-refractivity contribution in [1.29, 1.82) is 0 Å². The molecule has 0 radical (unpaired) electrons. The SMILES string of the molecule is Cc1c(C(=O)C=Cc2ccsc2)c(=O)[nH]c2sccc12. The third-order valence-electron chi connectivity index (χ3n) is 3.12. The van der Waals surface area contributed by atoms with Gasteiger partial charge in [0.2, 0.25) is 0 Å². The van der Waals surface area contributed by atoms with Crippen LogP contribution in [0.5, 0.6) is 0 Å². The quantitative estimate of drug-likeness (QED) is 0.590. The fourth-order valence-electron chi connectivity index (χ4n) is 2.09. The Labute approximate surface area is 123 Å². The smallest absolute Gasteiger partial charge is 0.260 e. The normalized spacial score (nSPS) is 11.4. The minimum absolute atomic E-state index is 0.224. The molecule has 3 aromatic rings. The number of aryl methyl sites for hydroxylation is 1. The Bertz CT molecular complexity index is 854. The molecule has 0 spiro atoms. The molecule has 0 bridgehead atoms. The maximum atomic E-state index is 12.2. The molecule has 0 atom stereocenters. The van der Waals surface area contributed by atoms with Gasteiger partial charge >= 0.3 is 0 Å². The van der Waals surface area contributed by atoms with Crippen molar-refractivity contribution in [2.75, 3.05) is 0 Å². The fraction of sp³-hybridized carbons (Fsp3) is 0.0667. The Balaban J connectivity index is 2.05. The molecular formula is C15H11NO2S2. The van der Waals surface area contributed by atoms with Crippen molar-refractivity contribution in [3.63, 3.8) is 0 Å². The van der Waals surface area contributed by atoms with Crippen LogP contribution in [0.1, 0.15) is 21.5 Å². The molecule has 0 aromatic carbocycles. The van der Waals surface area contributed by atoms with Gasteiger partial charge in [0.25, 0.3) is 5.56 Å². The third-order valence-corrected chi connectivity index (χ3v) is 4.65. The summed E-state index contributed by atoms with van der Waals surface area (Å²) in [5.41, 5.74) is 1.61. The monoisotopic (exact) mass is 301 g/mol. The maximum absolute atomic E-state index is 12.2. The lowest BCUT2D eigenvalue weighted by molar-refractivity contribution is 0.104. The number of hydrogen-bond acceptors (Lipinski definition) is 4. The molecular weight excluding hydrogens is 290 g/mol. The molecule has 0 aliphatic heterocycles. The fourth-order valence-corrected chi connectivity index (χ4v) is 3.56. The van der Waals surface area contributed by atoms with E-state index in [0.717, 1.165) is 21.3 Å². The van der Waals surface area contributed by atoms with Crippen LogP contribution in [0.15, 0.2) is 39.1 Å². The van der Waals surface area contributed by atoms with Crippen LogP contribution in [0.2, 0.25) is 0 Å². The number of H-pyrrole nitrogens is 1. The topological polar surface area (TPSA) is 49.9 Å². The Morgan fingerprint density at radius 3 is 2.90 bits per heavy atom. The molecule has 20 heavy (non-hydrogen) atoms. The molecule has 5 heteroatoms. The van der Waals surface area contributed by atoms with E-state index in [0.29, 0.717) is 0 Å². The number of hydrogen-bond donors (Lipinski definition) is 1. The first-order valence-corrected chi connectivity index (χ1v) is 7.84. The van der Waals surface area contributed by atoms with Crippen LogP contribution in [-0.2, 0) is 0 Å². The molecule has 0 fully saturated rings. The zero-order chi connectivity index (χ0) is 14.1. The number of carbonyl (C=O) groups excluding carboxylic acids is 1. The van der Waals surface area contributed by atoms with E-state index in [1.54, 1.807) is 17.4 Å². The molecule has 1 N–H and O–H groups in total. The summed E-state index contributed by atoms with van der Waals surface area (Å²) in [5.74, 6) is -0.261. The molecule has 0 aliphatic carbocycles. The van der Waals surface area contributed by atoms with Gasteiger partial charge in [-0.3, -0.25) is 9.59 Å². The number of aromatic amines is 1. The van der Waals surface area contributed by atoms with Gasteiger partial charge in [0.1, 0.15) is 4.83 Å². The van der Waals surface area contributed by atoms with Crippen molar-refractivity contribution < 1.29 is 4.79 Å². The van der Waals surface area contributed by atoms with E-state index in [4.69, 9.17) is 0 Å². The van der Waals surface area contributed by atoms with Crippen LogP contribution in [0.25, 0.3) is 16.3 Å². The first-order valence-electron chi connectivity index (χ1n) is 6.01. The van der Waals surface area contributed by atoms with E-state index >= 15 is 0 Å². The number of ketones is 1. The average molecular weight is 301 g/mol. The zero-order valence-electron chi connectivity index (χ0n) is 10.7. The highest BCUT2D eigenvalue weighted by Crippen LogP contribution is 2.22. The van der Waals surface area contributed by atoms with Gasteiger partial charge in [-0.25, -0.2) is 0 Å². The summed E-state index contributed by atoms with van der Waals surface area (Å²) in [4.78, 5) is 27.9. The van der Waals surface area contributed by atoms with Gasteiger partial charge in [-0.2, -0.15) is 11.3 Å². The molecule has 100 valence electrons. The summed E-state index contributed by atoms with van der Waals surface area (Å²) >= 11 is 3.03. The Kier molecular flexibility index (Phi) is 3.38. The molecule has 3 nitrogen and oxygen atoms in total. The molecule has 3 heterocycles. The van der Waals surface area contributed by atoms with Crippen LogP contribution in [0.4, 0.5) is 0 Å². The summed E-state index contributed by atoms with van der Waals surface area (Å²) in [5, 5.41) is 6.73. The lowest BCUT2D eigenvalue weighted by Crippen LogP contribution is -2.18. The van der Waals surface area contributed by atoms with Crippen LogP contribution in [0.3, 0.4) is 0 Å². The molecule has 3 aromatic heterocycles. The minimum Gasteiger partial charge on any atom is -0.313 e. The highest BCUT2D eigenvalue weighted by atomic mass is 32.1. The summed E-state index contributed by atoms with van der Waals surface area (Å²) < 4.78 is 0. The molecule has 0 aliphatic rings. The molecule has 0 amide bonds. The number of allylic oxidation sites excluding steroid dienone is 1. The number of aromatic nitrogens is 1. The van der Waals surface area contributed by atoms with Gasteiger partial charge in [0, 0.05) is 5.39 Å². The highest BCUT2D eigenvalue weighted by molar-refractivity contribution is 7.16. The predicted molar refractivity (Wildman–Crippen MR) is 84.9 cm³/mol. The first kappa shape index (κ1) is 13.0. The summed E-state index contributed by atoms with van der Waals surface area (Å²) in [6.07, 6.45) is 3.19. The van der Waals surface area contributed by atoms with Crippen molar-refractivity contribution in [3.8, 4) is 0 Å². The lowest BCUT2D eigenvalue weighted by atomic mass is 10.0. The van der Waals surface area contributed by atoms with Crippen molar-refractivity contribution in [3.05, 3.63) is 61.4 Å². The number of fused-ring (bicyclic) bond motifs is 1. The van der Waals surface area contributed by atoms with Gasteiger partial charge < -0.3 is 4.98 Å². The predicted octanol–water partition coefficient (Wildman–Crippen LogP) is 3.86. The molecule has 3 rings (SSSR count). The third kappa shape index (κ3) is 2.26. The van der Waals surface area contributed by atoms with Crippen LogP contribution in [-0.4, -0.2) is 10.8 Å². The number of carbonyl (C=O) groups is 1. The van der Waals surface area contributed by atoms with Crippen LogP contribution < -0.4 is 5.56 Å². The number of thiophene rings is 2. The van der Waals surface area contributed by atoms with E-state index in [-0.39, 0.29) is 16.9 Å². The Hall–Kier alpha value is -1.98. The second kappa shape index (κ2) is 5.19. The lowest BCUT2D eigenvalue weighted by Gasteiger charge is -2.02. The zero-order valence-corrected chi connectivity index (χ0v) is 12.3. The van der Waals surface area contributed by atoms with E-state index < -0.39 is 0 Å². The first-order chi connectivity index (χ1) is 9.66. The molecule has 0 saturated heterocycles. The molecule has 0 saturated carbocycles. The minimum atomic E-state index is -0.322. The number of pyridine rings is 1. The average Bonchev–Trinajstić information content (AvgIpc) is 3.06. The highest BCUT2D eigenvalue weighted by Gasteiger charge is 2.14. The standard InChI is InChI=1S/C15H11NO2S2/c1-9-11-5-7-20-15(11)16-14(18)13(9)12(17)3-2-10-4-6-19-8-10/h2-8H,1H3,(H,16,18). The van der Waals surface area contributed by atoms with Gasteiger partial charge in [-0.05, 0) is 52.4 Å². The van der Waals surface area contributed by atoms with Gasteiger partial charge in [0.05, 0.1) is 5.56 Å². The summed E-state index contributed by atoms with van der Waals surface area (Å²) in [6.45, 7) is 1.82. The van der Waals surface area contributed by atoms with E-state index in [1.807, 2.05) is 35.2 Å². The Morgan fingerprint density at radius 2 is 2.15 bits per heavy atom. The summed E-state index contributed by atoms with van der Waals surface area (Å²) in [7, 11) is 0. The van der Waals surface area contributed by atoms with Gasteiger partial charge in [0.15, 0.2) is 5.78 Å². The van der Waals surface area contributed by atoms with Crippen LogP contribution >= 0.6 is 22.7 Å². The second-order valence-corrected chi connectivity index (χ2v) is 6.07. The van der Waals surface area contributed by atoms with E-state index in [9.17, 15) is 9.59 Å². The second-order valence-electron chi connectivity index (χ2n) is 4.37. The van der Waals surface area contributed by atoms with Gasteiger partial charge in [-0.1, -0.05) is 6.08 Å². The van der Waals surface area contributed by atoms with Gasteiger partial charge in [-0.15, -0.1) is 11.3 Å². The van der Waals surface area contributed by atoms with Crippen molar-refractivity contribution in [2.45, 2.75) is 6.92 Å².